The van der Waals surface area contributed by atoms with Crippen LogP contribution in [0.1, 0.15) is 15.9 Å². The van der Waals surface area contributed by atoms with Crippen molar-refractivity contribution >= 4 is 28.6 Å². The van der Waals surface area contributed by atoms with Crippen molar-refractivity contribution in [2.45, 2.75) is 6.54 Å². The number of carbonyl (C=O) groups is 1. The van der Waals surface area contributed by atoms with Crippen molar-refractivity contribution < 1.29 is 14.3 Å². The molecule has 26 heavy (non-hydrogen) atoms. The molecular weight excluding hydrogens is 361 g/mol. The zero-order valence-electron chi connectivity index (χ0n) is 14.0. The minimum Gasteiger partial charge on any atom is -0.477 e. The molecule has 0 aliphatic carbocycles. The van der Waals surface area contributed by atoms with Crippen molar-refractivity contribution in [1.82, 2.24) is 14.5 Å². The van der Waals surface area contributed by atoms with Gasteiger partial charge in [0.05, 0.1) is 5.39 Å². The van der Waals surface area contributed by atoms with Crippen LogP contribution in [-0.4, -0.2) is 39.6 Å². The van der Waals surface area contributed by atoms with Crippen LogP contribution in [0.3, 0.4) is 0 Å². The first-order valence-corrected chi connectivity index (χ1v) is 8.04. The van der Waals surface area contributed by atoms with Crippen molar-refractivity contribution in [1.29, 1.82) is 0 Å². The van der Waals surface area contributed by atoms with Gasteiger partial charge in [-0.15, -0.1) is 0 Å². The van der Waals surface area contributed by atoms with Gasteiger partial charge in [0.1, 0.15) is 11.2 Å². The van der Waals surface area contributed by atoms with Gasteiger partial charge in [-0.05, 0) is 37.9 Å². The van der Waals surface area contributed by atoms with Gasteiger partial charge in [-0.2, -0.15) is 0 Å². The summed E-state index contributed by atoms with van der Waals surface area (Å²) >= 11 is 5.76. The summed E-state index contributed by atoms with van der Waals surface area (Å²) in [6.45, 7) is 0.737. The number of hydrogen-bond acceptors (Lipinski definition) is 4. The summed E-state index contributed by atoms with van der Waals surface area (Å²) in [7, 11) is 3.89. The lowest BCUT2D eigenvalue weighted by atomic mass is 10.1. The smallest absolute Gasteiger partial charge is 0.341 e. The molecule has 0 saturated heterocycles. The summed E-state index contributed by atoms with van der Waals surface area (Å²) in [5.74, 6) is -2.28. The van der Waals surface area contributed by atoms with Crippen LogP contribution < -0.4 is 5.43 Å². The SMILES string of the molecule is CN(C)Cc1ccc(-n2cc(C(=O)O)c(=O)c3cc(F)c(Cl)nc32)cc1. The van der Waals surface area contributed by atoms with Gasteiger partial charge in [0.2, 0.25) is 5.43 Å². The van der Waals surface area contributed by atoms with Crippen LogP contribution in [0.4, 0.5) is 4.39 Å². The molecule has 1 aromatic carbocycles. The number of nitrogens with zero attached hydrogens (tertiary/aromatic N) is 3. The Hall–Kier alpha value is -2.77. The second-order valence-electron chi connectivity index (χ2n) is 6.08. The van der Waals surface area contributed by atoms with Crippen LogP contribution in [0.15, 0.2) is 41.3 Å². The summed E-state index contributed by atoms with van der Waals surface area (Å²) < 4.78 is 15.2. The van der Waals surface area contributed by atoms with E-state index in [2.05, 4.69) is 4.98 Å². The molecule has 3 aromatic rings. The van der Waals surface area contributed by atoms with Gasteiger partial charge in [-0.1, -0.05) is 23.7 Å². The van der Waals surface area contributed by atoms with Crippen LogP contribution >= 0.6 is 11.6 Å². The molecule has 0 unspecified atom stereocenters. The highest BCUT2D eigenvalue weighted by Crippen LogP contribution is 2.21. The lowest BCUT2D eigenvalue weighted by Crippen LogP contribution is -2.19. The Balaban J connectivity index is 2.27. The fourth-order valence-corrected chi connectivity index (χ4v) is 2.81. The molecule has 134 valence electrons. The second-order valence-corrected chi connectivity index (χ2v) is 6.44. The van der Waals surface area contributed by atoms with E-state index < -0.39 is 27.9 Å². The van der Waals surface area contributed by atoms with E-state index >= 15 is 0 Å². The van der Waals surface area contributed by atoms with Gasteiger partial charge in [0.25, 0.3) is 0 Å². The normalized spacial score (nSPS) is 11.3. The zero-order chi connectivity index (χ0) is 19.0. The number of carboxylic acids is 1. The first-order valence-electron chi connectivity index (χ1n) is 7.66. The molecule has 0 aliphatic rings. The fraction of sp³-hybridized carbons (Fsp3) is 0.167. The van der Waals surface area contributed by atoms with Gasteiger partial charge in [0, 0.05) is 18.4 Å². The number of aromatic carboxylic acids is 1. The predicted molar refractivity (Wildman–Crippen MR) is 96.7 cm³/mol. The molecule has 0 aliphatic heterocycles. The van der Waals surface area contributed by atoms with E-state index in [1.165, 1.54) is 10.8 Å². The summed E-state index contributed by atoms with van der Waals surface area (Å²) in [5, 5.41) is 8.76. The number of rotatable bonds is 4. The molecule has 3 rings (SSSR count). The third kappa shape index (κ3) is 3.31. The summed E-state index contributed by atoms with van der Waals surface area (Å²) in [5.41, 5.74) is 0.441. The molecule has 6 nitrogen and oxygen atoms in total. The van der Waals surface area contributed by atoms with E-state index in [0.717, 1.165) is 18.2 Å². The maximum Gasteiger partial charge on any atom is 0.341 e. The highest BCUT2D eigenvalue weighted by molar-refractivity contribution is 6.29. The Labute approximate surface area is 153 Å². The molecule has 0 saturated carbocycles. The number of aromatic nitrogens is 2. The third-order valence-electron chi connectivity index (χ3n) is 3.83. The average molecular weight is 376 g/mol. The van der Waals surface area contributed by atoms with Crippen LogP contribution in [0, 0.1) is 5.82 Å². The molecule has 2 aromatic heterocycles. The summed E-state index contributed by atoms with van der Waals surface area (Å²) in [6, 6.07) is 8.21. The Kier molecular flexibility index (Phi) is 4.76. The quantitative estimate of drug-likeness (QED) is 0.709. The largest absolute Gasteiger partial charge is 0.477 e. The van der Waals surface area contributed by atoms with Crippen molar-refractivity contribution in [2.24, 2.45) is 0 Å². The van der Waals surface area contributed by atoms with E-state index in [4.69, 9.17) is 11.6 Å². The van der Waals surface area contributed by atoms with Crippen LogP contribution in [-0.2, 0) is 6.54 Å². The molecule has 8 heteroatoms. The van der Waals surface area contributed by atoms with Gasteiger partial charge < -0.3 is 14.6 Å². The molecule has 1 N–H and O–H groups in total. The zero-order valence-corrected chi connectivity index (χ0v) is 14.8. The fourth-order valence-electron chi connectivity index (χ4n) is 2.68. The molecular formula is C18H15ClFN3O3. The predicted octanol–water partition coefficient (Wildman–Crippen LogP) is 2.94. The minimum absolute atomic E-state index is 0.0896. The van der Waals surface area contributed by atoms with Crippen LogP contribution in [0.5, 0.6) is 0 Å². The van der Waals surface area contributed by atoms with Crippen molar-refractivity contribution in [3.05, 3.63) is 68.8 Å². The highest BCUT2D eigenvalue weighted by Gasteiger charge is 2.18. The van der Waals surface area contributed by atoms with Gasteiger partial charge >= 0.3 is 5.97 Å². The molecule has 0 amide bonds. The maximum atomic E-state index is 13.8. The first kappa shape index (κ1) is 18.0. The molecule has 0 spiro atoms. The van der Waals surface area contributed by atoms with Crippen molar-refractivity contribution in [3.8, 4) is 5.69 Å². The van der Waals surface area contributed by atoms with Gasteiger partial charge in [-0.3, -0.25) is 4.79 Å². The standard InChI is InChI=1S/C18H15ClFN3O3/c1-22(2)8-10-3-5-11(6-4-10)23-9-13(18(25)26)15(24)12-7-14(20)16(19)21-17(12)23/h3-7,9H,8H2,1-2H3,(H,25,26). The maximum absolute atomic E-state index is 13.8. The molecule has 0 radical (unpaired) electrons. The Morgan fingerprint density at radius 3 is 2.54 bits per heavy atom. The average Bonchev–Trinajstić information content (AvgIpc) is 2.57. The van der Waals surface area contributed by atoms with Crippen LogP contribution in [0.25, 0.3) is 16.7 Å². The number of benzene rings is 1. The number of fused-ring (bicyclic) bond motifs is 1. The van der Waals surface area contributed by atoms with Gasteiger partial charge in [-0.25, -0.2) is 14.2 Å². The number of halogens is 2. The van der Waals surface area contributed by atoms with E-state index in [0.29, 0.717) is 5.69 Å². The summed E-state index contributed by atoms with van der Waals surface area (Å²) in [4.78, 5) is 29.7. The molecule has 0 atom stereocenters. The Morgan fingerprint density at radius 2 is 1.96 bits per heavy atom. The number of pyridine rings is 2. The Morgan fingerprint density at radius 1 is 1.31 bits per heavy atom. The minimum atomic E-state index is -1.40. The lowest BCUT2D eigenvalue weighted by Gasteiger charge is -2.14. The van der Waals surface area contributed by atoms with Gasteiger partial charge in [0.15, 0.2) is 11.0 Å². The molecule has 0 bridgehead atoms. The topological polar surface area (TPSA) is 75.4 Å². The van der Waals surface area contributed by atoms with E-state index in [1.54, 1.807) is 12.1 Å². The molecule has 0 fully saturated rings. The first-order chi connectivity index (χ1) is 12.3. The lowest BCUT2D eigenvalue weighted by molar-refractivity contribution is 0.0695. The monoisotopic (exact) mass is 375 g/mol. The molecule has 2 heterocycles. The Bertz CT molecular complexity index is 1060. The van der Waals surface area contributed by atoms with E-state index in [-0.39, 0.29) is 11.0 Å². The second kappa shape index (κ2) is 6.86. The number of carboxylic acid groups (broad SMARTS) is 1. The third-order valence-corrected chi connectivity index (χ3v) is 4.10. The summed E-state index contributed by atoms with van der Waals surface area (Å²) in [6.07, 6.45) is 1.18. The van der Waals surface area contributed by atoms with Crippen LogP contribution in [0.2, 0.25) is 5.15 Å². The van der Waals surface area contributed by atoms with E-state index in [9.17, 15) is 19.1 Å². The van der Waals surface area contributed by atoms with E-state index in [1.807, 2.05) is 31.1 Å². The van der Waals surface area contributed by atoms with Crippen molar-refractivity contribution in [3.63, 3.8) is 0 Å². The van der Waals surface area contributed by atoms with Crippen molar-refractivity contribution in [2.75, 3.05) is 14.1 Å². The highest BCUT2D eigenvalue weighted by atomic mass is 35.5. The number of hydrogen-bond donors (Lipinski definition) is 1.